The van der Waals surface area contributed by atoms with Gasteiger partial charge in [0.05, 0.1) is 18.0 Å². The van der Waals surface area contributed by atoms with Gasteiger partial charge >= 0.3 is 12.3 Å². The number of halogens is 4. The molecule has 0 saturated heterocycles. The molecule has 0 aliphatic heterocycles. The average molecular weight is 575 g/mol. The predicted molar refractivity (Wildman–Crippen MR) is 141 cm³/mol. The number of carboxylic acids is 1. The fraction of sp³-hybridized carbons (Fsp3) is 0.214. The van der Waals surface area contributed by atoms with Gasteiger partial charge in [-0.05, 0) is 73.5 Å². The Morgan fingerprint density at radius 2 is 1.80 bits per heavy atom. The van der Waals surface area contributed by atoms with Crippen molar-refractivity contribution in [3.63, 3.8) is 0 Å². The third-order valence-corrected chi connectivity index (χ3v) is 6.83. The lowest BCUT2D eigenvalue weighted by atomic mass is 10.0. The van der Waals surface area contributed by atoms with Gasteiger partial charge in [0.2, 0.25) is 0 Å². The van der Waals surface area contributed by atoms with Crippen LogP contribution in [0.1, 0.15) is 23.7 Å². The van der Waals surface area contributed by atoms with Crippen molar-refractivity contribution >= 4 is 39.4 Å². The molecule has 0 fully saturated rings. The number of aromatic nitrogens is 2. The molecule has 2 aromatic heterocycles. The Morgan fingerprint density at radius 3 is 2.50 bits per heavy atom. The van der Waals surface area contributed by atoms with Crippen LogP contribution in [-0.4, -0.2) is 40.4 Å². The second-order valence-corrected chi connectivity index (χ2v) is 9.43. The molecule has 0 bridgehead atoms. The molecule has 0 aliphatic rings. The molecule has 8 nitrogen and oxygen atoms in total. The summed E-state index contributed by atoms with van der Waals surface area (Å²) in [6.45, 7) is 3.21. The van der Waals surface area contributed by atoms with E-state index in [0.29, 0.717) is 55.3 Å². The van der Waals surface area contributed by atoms with Crippen LogP contribution in [0.15, 0.2) is 59.1 Å². The summed E-state index contributed by atoms with van der Waals surface area (Å²) < 4.78 is 61.5. The molecule has 1 atom stereocenters. The molecule has 12 heteroatoms. The highest BCUT2D eigenvalue weighted by atomic mass is 35.5. The zero-order valence-electron chi connectivity index (χ0n) is 21.4. The minimum absolute atomic E-state index is 0.186. The van der Waals surface area contributed by atoms with Gasteiger partial charge in [0.1, 0.15) is 17.2 Å². The molecule has 0 saturated carbocycles. The molecule has 1 N–H and O–H groups in total. The number of hydrogen-bond acceptors (Lipinski definition) is 6. The van der Waals surface area contributed by atoms with Crippen molar-refractivity contribution in [1.29, 1.82) is 0 Å². The van der Waals surface area contributed by atoms with Crippen molar-refractivity contribution in [2.24, 2.45) is 0 Å². The summed E-state index contributed by atoms with van der Waals surface area (Å²) >= 11 is 6.49. The summed E-state index contributed by atoms with van der Waals surface area (Å²) in [7, 11) is 1.53. The minimum atomic E-state index is -4.87. The lowest BCUT2D eigenvalue weighted by molar-refractivity contribution is -0.274. The van der Waals surface area contributed by atoms with Crippen LogP contribution in [0.5, 0.6) is 17.2 Å². The standard InChI is InChI=1S/C28H22ClF3N2O6/c1-14-21(11-16-10-18(5-8-23(16)29)38-15(2)27(35)36)22-12-19(39-28(30,31)32)6-9-24(22)34(14)26-20-7-4-17(37-3)13-25(20)40-33-26/h4-10,12-13,15H,11H2,1-3H3,(H,35,36)/t15-/m1/s1. The summed E-state index contributed by atoms with van der Waals surface area (Å²) in [6, 6.07) is 14.0. The van der Waals surface area contributed by atoms with Crippen LogP contribution in [0, 0.1) is 6.92 Å². The van der Waals surface area contributed by atoms with E-state index in [4.69, 9.17) is 25.6 Å². The van der Waals surface area contributed by atoms with E-state index in [1.807, 2.05) is 6.92 Å². The zero-order valence-corrected chi connectivity index (χ0v) is 22.1. The quantitative estimate of drug-likeness (QED) is 0.211. The van der Waals surface area contributed by atoms with Crippen molar-refractivity contribution in [2.45, 2.75) is 32.7 Å². The second-order valence-electron chi connectivity index (χ2n) is 9.02. The predicted octanol–water partition coefficient (Wildman–Crippen LogP) is 7.08. The van der Waals surface area contributed by atoms with E-state index in [2.05, 4.69) is 9.89 Å². The first-order valence-electron chi connectivity index (χ1n) is 12.0. The summed E-state index contributed by atoms with van der Waals surface area (Å²) in [5, 5.41) is 15.0. The minimum Gasteiger partial charge on any atom is -0.497 e. The number of carboxylic acid groups (broad SMARTS) is 1. The third kappa shape index (κ3) is 5.24. The molecule has 0 unspecified atom stereocenters. The van der Waals surface area contributed by atoms with Gasteiger partial charge in [0.15, 0.2) is 17.5 Å². The maximum Gasteiger partial charge on any atom is 0.573 e. The smallest absolute Gasteiger partial charge is 0.497 e. The highest BCUT2D eigenvalue weighted by Crippen LogP contribution is 2.38. The van der Waals surface area contributed by atoms with Gasteiger partial charge in [-0.2, -0.15) is 0 Å². The zero-order chi connectivity index (χ0) is 28.8. The van der Waals surface area contributed by atoms with E-state index >= 15 is 0 Å². The maximum absolute atomic E-state index is 13.1. The van der Waals surface area contributed by atoms with Crippen molar-refractivity contribution < 1.29 is 41.8 Å². The first-order valence-corrected chi connectivity index (χ1v) is 12.3. The molecule has 0 spiro atoms. The number of alkyl halides is 3. The molecule has 0 radical (unpaired) electrons. The van der Waals surface area contributed by atoms with Crippen molar-refractivity contribution in [1.82, 2.24) is 9.72 Å². The summed E-state index contributed by atoms with van der Waals surface area (Å²) in [4.78, 5) is 11.2. The number of benzene rings is 3. The molecule has 5 aromatic rings. The van der Waals surface area contributed by atoms with Crippen molar-refractivity contribution in [3.05, 3.63) is 76.4 Å². The molecule has 2 heterocycles. The number of nitrogens with zero attached hydrogens (tertiary/aromatic N) is 2. The fourth-order valence-corrected chi connectivity index (χ4v) is 4.74. The van der Waals surface area contributed by atoms with Gasteiger partial charge in [-0.25, -0.2) is 4.79 Å². The molecule has 0 amide bonds. The van der Waals surface area contributed by atoms with E-state index in [0.717, 1.165) is 0 Å². The maximum atomic E-state index is 13.1. The van der Waals surface area contributed by atoms with Crippen LogP contribution < -0.4 is 14.2 Å². The second kappa shape index (κ2) is 10.3. The highest BCUT2D eigenvalue weighted by Gasteiger charge is 2.31. The fourth-order valence-electron chi connectivity index (χ4n) is 4.55. The van der Waals surface area contributed by atoms with E-state index in [1.165, 1.54) is 32.2 Å². The van der Waals surface area contributed by atoms with Crippen molar-refractivity contribution in [2.75, 3.05) is 7.11 Å². The number of carbonyl (C=O) groups is 1. The summed E-state index contributed by atoms with van der Waals surface area (Å²) in [6.07, 6.45) is -5.78. The molecular weight excluding hydrogens is 553 g/mol. The third-order valence-electron chi connectivity index (χ3n) is 6.46. The Hall–Kier alpha value is -4.38. The average Bonchev–Trinajstić information content (AvgIpc) is 3.42. The van der Waals surface area contributed by atoms with Gasteiger partial charge in [0.25, 0.3) is 0 Å². The van der Waals surface area contributed by atoms with Crippen LogP contribution in [0.3, 0.4) is 0 Å². The van der Waals surface area contributed by atoms with Gasteiger partial charge in [-0.1, -0.05) is 16.8 Å². The Balaban J connectivity index is 1.67. The molecule has 208 valence electrons. The van der Waals surface area contributed by atoms with Crippen molar-refractivity contribution in [3.8, 4) is 23.1 Å². The van der Waals surface area contributed by atoms with Gasteiger partial charge in [-0.3, -0.25) is 4.57 Å². The normalized spacial score (nSPS) is 12.6. The number of rotatable bonds is 8. The molecular formula is C28H22ClF3N2O6. The van der Waals surface area contributed by atoms with Gasteiger partial charge in [-0.15, -0.1) is 13.2 Å². The summed E-state index contributed by atoms with van der Waals surface area (Å²) in [5.41, 5.74) is 2.94. The number of ether oxygens (including phenoxy) is 3. The van der Waals surface area contributed by atoms with E-state index in [9.17, 15) is 23.1 Å². The Bertz CT molecular complexity index is 1740. The lowest BCUT2D eigenvalue weighted by Gasteiger charge is -2.13. The van der Waals surface area contributed by atoms with Crippen LogP contribution >= 0.6 is 11.6 Å². The van der Waals surface area contributed by atoms with Crippen LogP contribution in [0.25, 0.3) is 27.7 Å². The first kappa shape index (κ1) is 27.2. The topological polar surface area (TPSA) is 96.0 Å². The SMILES string of the molecule is COc1ccc2c(-n3c(C)c(Cc4cc(O[C@H](C)C(=O)O)ccc4Cl)c4cc(OC(F)(F)F)ccc43)noc2c1. The Kier molecular flexibility index (Phi) is 7.01. The van der Waals surface area contributed by atoms with Crippen LogP contribution in [-0.2, 0) is 11.2 Å². The number of fused-ring (bicyclic) bond motifs is 2. The van der Waals surface area contributed by atoms with E-state index < -0.39 is 18.4 Å². The monoisotopic (exact) mass is 574 g/mol. The number of hydrogen-bond donors (Lipinski definition) is 1. The molecule has 5 rings (SSSR count). The van der Waals surface area contributed by atoms with Crippen LogP contribution in [0.2, 0.25) is 5.02 Å². The van der Waals surface area contributed by atoms with Crippen LogP contribution in [0.4, 0.5) is 13.2 Å². The summed E-state index contributed by atoms with van der Waals surface area (Å²) in [5.74, 6) is -0.216. The molecule has 40 heavy (non-hydrogen) atoms. The van der Waals surface area contributed by atoms with Gasteiger partial charge in [0, 0.05) is 28.6 Å². The largest absolute Gasteiger partial charge is 0.573 e. The highest BCUT2D eigenvalue weighted by molar-refractivity contribution is 6.31. The molecule has 3 aromatic carbocycles. The number of aliphatic carboxylic acids is 1. The van der Waals surface area contributed by atoms with E-state index in [-0.39, 0.29) is 17.9 Å². The lowest BCUT2D eigenvalue weighted by Crippen LogP contribution is -2.22. The first-order chi connectivity index (χ1) is 18.9. The van der Waals surface area contributed by atoms with Gasteiger partial charge < -0.3 is 23.8 Å². The Labute approximate surface area is 230 Å². The van der Waals surface area contributed by atoms with E-state index in [1.54, 1.807) is 41.0 Å². The number of methoxy groups -OCH3 is 1. The Morgan fingerprint density at radius 1 is 1.07 bits per heavy atom. The molecule has 0 aliphatic carbocycles.